The molecule has 1 N–H and O–H groups in total. The van der Waals surface area contributed by atoms with Crippen molar-refractivity contribution in [2.24, 2.45) is 0 Å². The molecule has 8 heteroatoms. The topological polar surface area (TPSA) is 77.6 Å². The lowest BCUT2D eigenvalue weighted by molar-refractivity contribution is 0.585. The van der Waals surface area contributed by atoms with E-state index in [9.17, 15) is 14.0 Å². The highest BCUT2D eigenvalue weighted by Gasteiger charge is 2.21. The molecule has 32 heavy (non-hydrogen) atoms. The lowest BCUT2D eigenvalue weighted by atomic mass is 10.2. The molecule has 2 aliphatic carbocycles. The Morgan fingerprint density at radius 2 is 1.72 bits per heavy atom. The van der Waals surface area contributed by atoms with Crippen molar-refractivity contribution < 1.29 is 4.39 Å². The van der Waals surface area contributed by atoms with E-state index in [1.807, 2.05) is 18.2 Å². The van der Waals surface area contributed by atoms with E-state index in [2.05, 4.69) is 10.1 Å². The Morgan fingerprint density at radius 3 is 2.41 bits per heavy atom. The van der Waals surface area contributed by atoms with Gasteiger partial charge in [-0.25, -0.2) is 13.8 Å². The second kappa shape index (κ2) is 6.78. The Hall–Kier alpha value is -4.46. The number of benzene rings is 1. The van der Waals surface area contributed by atoms with Crippen LogP contribution in [-0.2, 0) is 6.54 Å². The summed E-state index contributed by atoms with van der Waals surface area (Å²) >= 11 is 0. The zero-order valence-corrected chi connectivity index (χ0v) is 16.7. The first-order chi connectivity index (χ1) is 15.6. The van der Waals surface area contributed by atoms with Gasteiger partial charge in [-0.2, -0.15) is 5.10 Å². The minimum Gasteiger partial charge on any atom is -0.349 e. The van der Waals surface area contributed by atoms with Gasteiger partial charge in [0.15, 0.2) is 0 Å². The number of nitrogens with one attached hydrogen (secondary N) is 1. The van der Waals surface area contributed by atoms with Gasteiger partial charge in [0.1, 0.15) is 11.3 Å². The zero-order chi connectivity index (χ0) is 21.8. The summed E-state index contributed by atoms with van der Waals surface area (Å²) in [5.74, 6) is -0.291. The van der Waals surface area contributed by atoms with Crippen molar-refractivity contribution >= 4 is 22.4 Å². The van der Waals surface area contributed by atoms with Crippen LogP contribution in [0.2, 0.25) is 0 Å². The maximum atomic E-state index is 14.0. The van der Waals surface area contributed by atoms with Gasteiger partial charge in [-0.05, 0) is 36.4 Å². The molecule has 6 rings (SSSR count). The van der Waals surface area contributed by atoms with Crippen molar-refractivity contribution in [1.82, 2.24) is 23.9 Å². The predicted octanol–water partition coefficient (Wildman–Crippen LogP) is 3.36. The maximum absolute atomic E-state index is 14.0. The van der Waals surface area contributed by atoms with Gasteiger partial charge in [0.05, 0.1) is 35.3 Å². The Bertz CT molecular complexity index is 1660. The number of fused-ring (bicyclic) bond motifs is 1. The summed E-state index contributed by atoms with van der Waals surface area (Å²) in [6.07, 6.45) is 14.1. The number of aromatic nitrogens is 5. The molecule has 0 amide bonds. The normalized spacial score (nSPS) is 14.3. The van der Waals surface area contributed by atoms with E-state index in [1.165, 1.54) is 10.6 Å². The van der Waals surface area contributed by atoms with Crippen LogP contribution in [0, 0.1) is 5.82 Å². The van der Waals surface area contributed by atoms with E-state index in [-0.39, 0.29) is 12.4 Å². The molecule has 156 valence electrons. The first-order valence-electron chi connectivity index (χ1n) is 10.0. The summed E-state index contributed by atoms with van der Waals surface area (Å²) in [5.41, 5.74) is 3.14. The third-order valence-corrected chi connectivity index (χ3v) is 5.66. The first kappa shape index (κ1) is 18.3. The van der Waals surface area contributed by atoms with Crippen molar-refractivity contribution in [1.29, 1.82) is 0 Å². The second-order valence-electron chi connectivity index (χ2n) is 7.62. The molecule has 1 aromatic carbocycles. The number of nitrogens with zero attached hydrogens (tertiary/aromatic N) is 4. The molecule has 3 aromatic heterocycles. The van der Waals surface area contributed by atoms with Gasteiger partial charge in [0.2, 0.25) is 0 Å². The van der Waals surface area contributed by atoms with Crippen LogP contribution < -0.4 is 11.2 Å². The fourth-order valence-corrected chi connectivity index (χ4v) is 3.87. The van der Waals surface area contributed by atoms with Crippen LogP contribution in [-0.4, -0.2) is 23.9 Å². The summed E-state index contributed by atoms with van der Waals surface area (Å²) in [7, 11) is 0. The van der Waals surface area contributed by atoms with Gasteiger partial charge >= 0.3 is 5.69 Å². The molecule has 0 radical (unpaired) electrons. The third kappa shape index (κ3) is 2.70. The lowest BCUT2D eigenvalue weighted by Gasteiger charge is -2.16. The minimum atomic E-state index is -0.422. The van der Waals surface area contributed by atoms with Crippen molar-refractivity contribution in [3.8, 4) is 11.3 Å². The Morgan fingerprint density at radius 1 is 1.00 bits per heavy atom. The summed E-state index contributed by atoms with van der Waals surface area (Å²) in [6, 6.07) is 8.32. The lowest BCUT2D eigenvalue weighted by Crippen LogP contribution is -2.39. The van der Waals surface area contributed by atoms with E-state index in [1.54, 1.807) is 59.6 Å². The van der Waals surface area contributed by atoms with Crippen molar-refractivity contribution in [3.63, 3.8) is 0 Å². The molecule has 7 nitrogen and oxygen atoms in total. The zero-order valence-electron chi connectivity index (χ0n) is 16.7. The smallest absolute Gasteiger partial charge is 0.340 e. The molecule has 0 spiro atoms. The fourth-order valence-electron chi connectivity index (χ4n) is 3.87. The Balaban J connectivity index is 1.47. The van der Waals surface area contributed by atoms with Crippen LogP contribution in [0.15, 0.2) is 88.8 Å². The van der Waals surface area contributed by atoms with Gasteiger partial charge in [-0.15, -0.1) is 0 Å². The average Bonchev–Trinajstić information content (AvgIpc) is 3.34. The number of H-pyrrole nitrogens is 1. The number of rotatable bonds is 5. The van der Waals surface area contributed by atoms with Gasteiger partial charge in [-0.1, -0.05) is 30.4 Å². The van der Waals surface area contributed by atoms with Gasteiger partial charge in [0.25, 0.3) is 5.56 Å². The van der Waals surface area contributed by atoms with Crippen LogP contribution in [0.25, 0.3) is 33.7 Å². The van der Waals surface area contributed by atoms with Gasteiger partial charge in [0, 0.05) is 17.3 Å². The highest BCUT2D eigenvalue weighted by molar-refractivity contribution is 5.87. The van der Waals surface area contributed by atoms with E-state index < -0.39 is 11.2 Å². The van der Waals surface area contributed by atoms with Crippen LogP contribution in [0.5, 0.6) is 0 Å². The van der Waals surface area contributed by atoms with Crippen molar-refractivity contribution in [3.05, 3.63) is 111 Å². The summed E-state index contributed by atoms with van der Waals surface area (Å²) in [5, 5.41) is 4.33. The largest absolute Gasteiger partial charge is 0.349 e. The van der Waals surface area contributed by atoms with Crippen LogP contribution in [0.4, 0.5) is 4.39 Å². The number of aromatic amines is 1. The summed E-state index contributed by atoms with van der Waals surface area (Å²) in [6.45, 7) is 0.280. The van der Waals surface area contributed by atoms with E-state index in [4.69, 9.17) is 0 Å². The quantitative estimate of drug-likeness (QED) is 0.533. The number of allylic oxidation sites excluding steroid dienone is 8. The minimum absolute atomic E-state index is 0.280. The third-order valence-electron chi connectivity index (χ3n) is 5.66. The molecule has 0 bridgehead atoms. The molecule has 0 atom stereocenters. The number of halogens is 1. The van der Waals surface area contributed by atoms with E-state index >= 15 is 0 Å². The highest BCUT2D eigenvalue weighted by atomic mass is 19.1. The van der Waals surface area contributed by atoms with Gasteiger partial charge in [-0.3, -0.25) is 14.0 Å². The molecular weight excluding hydrogens is 409 g/mol. The fraction of sp³-hybridized carbons (Fsp3) is 0.0417. The highest BCUT2D eigenvalue weighted by Crippen LogP contribution is 2.26. The molecule has 2 aliphatic rings. The molecule has 3 heterocycles. The maximum Gasteiger partial charge on any atom is 0.340 e. The molecule has 0 fully saturated rings. The van der Waals surface area contributed by atoms with Crippen molar-refractivity contribution in [2.75, 3.05) is 0 Å². The van der Waals surface area contributed by atoms with Crippen LogP contribution >= 0.6 is 0 Å². The molecule has 4 aromatic rings. The monoisotopic (exact) mass is 425 g/mol. The molecule has 0 aliphatic heterocycles. The average molecular weight is 425 g/mol. The summed E-state index contributed by atoms with van der Waals surface area (Å²) in [4.78, 5) is 29.5. The van der Waals surface area contributed by atoms with E-state index in [0.29, 0.717) is 33.7 Å². The standard InChI is InChI=1S/C24H16FN5O2/c25-19-10-2-1-5-15(19)13-28-14-16(12-26-28)20-11-21-22(27-20)23(31)30(18-8-4-9-18)24(32)29(21)17-6-3-7-17/h1-12,14,27H,13H2. The summed E-state index contributed by atoms with van der Waals surface area (Å²) < 4.78 is 18.3. The number of hydrogen-bond acceptors (Lipinski definition) is 3. The molecule has 0 unspecified atom stereocenters. The number of hydrogen-bond donors (Lipinski definition) is 1. The predicted molar refractivity (Wildman–Crippen MR) is 120 cm³/mol. The molecule has 0 saturated carbocycles. The van der Waals surface area contributed by atoms with Crippen LogP contribution in [0.3, 0.4) is 0 Å². The molecular formula is C24H16FN5O2. The Kier molecular flexibility index (Phi) is 3.88. The van der Waals surface area contributed by atoms with Gasteiger partial charge < -0.3 is 4.98 Å². The Labute approximate surface area is 180 Å². The molecule has 0 saturated heterocycles. The second-order valence-corrected chi connectivity index (χ2v) is 7.62. The SMILES string of the molecule is O=c1c2[nH]c(-c3cnn(Cc4ccccc4F)c3)cc2n(C2=CC=C2)c(=O)n1C1=CC=C1. The van der Waals surface area contributed by atoms with E-state index in [0.717, 1.165) is 10.1 Å². The van der Waals surface area contributed by atoms with Crippen LogP contribution in [0.1, 0.15) is 5.56 Å². The van der Waals surface area contributed by atoms with Crippen molar-refractivity contribution in [2.45, 2.75) is 6.54 Å². The first-order valence-corrected chi connectivity index (χ1v) is 10.0.